The van der Waals surface area contributed by atoms with E-state index in [4.69, 9.17) is 11.2 Å². The SMILES string of the molecule is C#CCCNC(C)CC(C)(C)OC. The van der Waals surface area contributed by atoms with Gasteiger partial charge < -0.3 is 10.1 Å². The molecule has 0 saturated heterocycles. The summed E-state index contributed by atoms with van der Waals surface area (Å²) in [6, 6.07) is 0.447. The minimum absolute atomic E-state index is 0.0530. The zero-order valence-electron chi connectivity index (χ0n) is 9.18. The van der Waals surface area contributed by atoms with Gasteiger partial charge in [0.1, 0.15) is 0 Å². The Labute approximate surface area is 82.1 Å². The van der Waals surface area contributed by atoms with E-state index < -0.39 is 0 Å². The van der Waals surface area contributed by atoms with Crippen LogP contribution in [-0.4, -0.2) is 25.3 Å². The van der Waals surface area contributed by atoms with E-state index in [0.29, 0.717) is 6.04 Å². The Bertz CT molecular complexity index is 169. The molecule has 0 spiro atoms. The molecule has 2 nitrogen and oxygen atoms in total. The minimum Gasteiger partial charge on any atom is -0.379 e. The molecule has 0 radical (unpaired) electrons. The minimum atomic E-state index is -0.0530. The Balaban J connectivity index is 3.62. The Kier molecular flexibility index (Phi) is 5.77. The van der Waals surface area contributed by atoms with Crippen LogP contribution in [0.2, 0.25) is 0 Å². The van der Waals surface area contributed by atoms with Crippen molar-refractivity contribution >= 4 is 0 Å². The third-order valence-electron chi connectivity index (χ3n) is 2.11. The molecule has 0 aliphatic heterocycles. The molecule has 0 amide bonds. The van der Waals surface area contributed by atoms with Crippen LogP contribution in [-0.2, 0) is 4.74 Å². The molecule has 76 valence electrons. The normalized spacial score (nSPS) is 13.8. The molecule has 0 bridgehead atoms. The van der Waals surface area contributed by atoms with Crippen LogP contribution >= 0.6 is 0 Å². The fourth-order valence-electron chi connectivity index (χ4n) is 1.28. The summed E-state index contributed by atoms with van der Waals surface area (Å²) in [6.07, 6.45) is 6.94. The average molecular weight is 183 g/mol. The Morgan fingerprint density at radius 3 is 2.62 bits per heavy atom. The summed E-state index contributed by atoms with van der Waals surface area (Å²) in [7, 11) is 1.74. The average Bonchev–Trinajstić information content (AvgIpc) is 2.04. The van der Waals surface area contributed by atoms with Crippen LogP contribution in [0.1, 0.15) is 33.6 Å². The summed E-state index contributed by atoms with van der Waals surface area (Å²) in [4.78, 5) is 0. The van der Waals surface area contributed by atoms with Crippen molar-refractivity contribution < 1.29 is 4.74 Å². The third kappa shape index (κ3) is 6.62. The highest BCUT2D eigenvalue weighted by Gasteiger charge is 2.19. The van der Waals surface area contributed by atoms with Gasteiger partial charge >= 0.3 is 0 Å². The Morgan fingerprint density at radius 1 is 1.54 bits per heavy atom. The van der Waals surface area contributed by atoms with E-state index in [-0.39, 0.29) is 5.60 Å². The second-order valence-electron chi connectivity index (χ2n) is 3.98. The predicted molar refractivity (Wildman–Crippen MR) is 56.6 cm³/mol. The van der Waals surface area contributed by atoms with E-state index in [1.165, 1.54) is 0 Å². The van der Waals surface area contributed by atoms with Gasteiger partial charge in [-0.05, 0) is 27.2 Å². The maximum atomic E-state index is 5.33. The lowest BCUT2D eigenvalue weighted by atomic mass is 10.00. The van der Waals surface area contributed by atoms with Gasteiger partial charge in [0.25, 0.3) is 0 Å². The van der Waals surface area contributed by atoms with Crippen molar-refractivity contribution in [3.63, 3.8) is 0 Å². The maximum absolute atomic E-state index is 5.33. The Morgan fingerprint density at radius 2 is 2.15 bits per heavy atom. The molecule has 0 saturated carbocycles. The van der Waals surface area contributed by atoms with Crippen LogP contribution in [0.15, 0.2) is 0 Å². The van der Waals surface area contributed by atoms with Crippen LogP contribution in [0, 0.1) is 12.3 Å². The summed E-state index contributed by atoms with van der Waals surface area (Å²) in [5.41, 5.74) is -0.0530. The van der Waals surface area contributed by atoms with Crippen molar-refractivity contribution in [1.29, 1.82) is 0 Å². The lowest BCUT2D eigenvalue weighted by Gasteiger charge is -2.26. The molecule has 0 heterocycles. The van der Waals surface area contributed by atoms with E-state index in [2.05, 4.69) is 32.0 Å². The molecule has 0 aromatic heterocycles. The molecule has 0 aromatic rings. The van der Waals surface area contributed by atoms with Crippen LogP contribution in [0.4, 0.5) is 0 Å². The van der Waals surface area contributed by atoms with Crippen molar-refractivity contribution in [2.45, 2.75) is 45.3 Å². The molecule has 1 N–H and O–H groups in total. The van der Waals surface area contributed by atoms with E-state index >= 15 is 0 Å². The zero-order chi connectivity index (χ0) is 10.3. The van der Waals surface area contributed by atoms with E-state index in [0.717, 1.165) is 19.4 Å². The number of hydrogen-bond donors (Lipinski definition) is 1. The van der Waals surface area contributed by atoms with Gasteiger partial charge in [-0.1, -0.05) is 0 Å². The van der Waals surface area contributed by atoms with E-state index in [1.54, 1.807) is 7.11 Å². The van der Waals surface area contributed by atoms with Crippen LogP contribution in [0.3, 0.4) is 0 Å². The summed E-state index contributed by atoms with van der Waals surface area (Å²) >= 11 is 0. The predicted octanol–water partition coefficient (Wildman–Crippen LogP) is 1.80. The highest BCUT2D eigenvalue weighted by atomic mass is 16.5. The fraction of sp³-hybridized carbons (Fsp3) is 0.818. The van der Waals surface area contributed by atoms with Crippen molar-refractivity contribution in [3.8, 4) is 12.3 Å². The first kappa shape index (κ1) is 12.5. The van der Waals surface area contributed by atoms with E-state index in [9.17, 15) is 0 Å². The largest absolute Gasteiger partial charge is 0.379 e. The second-order valence-corrected chi connectivity index (χ2v) is 3.98. The first-order valence-electron chi connectivity index (χ1n) is 4.74. The highest BCUT2D eigenvalue weighted by molar-refractivity contribution is 4.85. The quantitative estimate of drug-likeness (QED) is 0.501. The van der Waals surface area contributed by atoms with E-state index in [1.807, 2.05) is 0 Å². The molecule has 0 aromatic carbocycles. The number of ether oxygens (including phenoxy) is 1. The first-order valence-corrected chi connectivity index (χ1v) is 4.74. The number of hydrogen-bond acceptors (Lipinski definition) is 2. The smallest absolute Gasteiger partial charge is 0.0637 e. The van der Waals surface area contributed by atoms with Gasteiger partial charge in [0.05, 0.1) is 5.60 Å². The number of nitrogens with one attached hydrogen (secondary N) is 1. The van der Waals surface area contributed by atoms with Crippen molar-refractivity contribution in [3.05, 3.63) is 0 Å². The van der Waals surface area contributed by atoms with Gasteiger partial charge in [0, 0.05) is 26.1 Å². The summed E-state index contributed by atoms with van der Waals surface area (Å²) in [6.45, 7) is 7.22. The van der Waals surface area contributed by atoms with Gasteiger partial charge in [-0.3, -0.25) is 0 Å². The Hall–Kier alpha value is -0.520. The van der Waals surface area contributed by atoms with Crippen molar-refractivity contribution in [2.24, 2.45) is 0 Å². The third-order valence-corrected chi connectivity index (χ3v) is 2.11. The van der Waals surface area contributed by atoms with Gasteiger partial charge in [-0.2, -0.15) is 0 Å². The molecule has 2 heteroatoms. The monoisotopic (exact) mass is 183 g/mol. The number of methoxy groups -OCH3 is 1. The highest BCUT2D eigenvalue weighted by Crippen LogP contribution is 2.14. The van der Waals surface area contributed by atoms with Gasteiger partial charge in [-0.15, -0.1) is 12.3 Å². The van der Waals surface area contributed by atoms with Crippen LogP contribution in [0.5, 0.6) is 0 Å². The molecule has 0 fully saturated rings. The van der Waals surface area contributed by atoms with Gasteiger partial charge in [0.2, 0.25) is 0 Å². The molecular formula is C11H21NO. The molecule has 1 atom stereocenters. The molecule has 1 unspecified atom stereocenters. The molecular weight excluding hydrogens is 162 g/mol. The van der Waals surface area contributed by atoms with Crippen LogP contribution in [0.25, 0.3) is 0 Å². The first-order chi connectivity index (χ1) is 6.02. The lowest BCUT2D eigenvalue weighted by molar-refractivity contribution is 0.00867. The molecule has 13 heavy (non-hydrogen) atoms. The standard InChI is InChI=1S/C11H21NO/c1-6-7-8-12-10(2)9-11(3,4)13-5/h1,10,12H,7-9H2,2-5H3. The molecule has 0 aliphatic rings. The summed E-state index contributed by atoms with van der Waals surface area (Å²) in [5, 5.41) is 3.35. The van der Waals surface area contributed by atoms with Crippen molar-refractivity contribution in [1.82, 2.24) is 5.32 Å². The lowest BCUT2D eigenvalue weighted by Crippen LogP contribution is -2.36. The summed E-state index contributed by atoms with van der Waals surface area (Å²) in [5.74, 6) is 2.61. The second kappa shape index (κ2) is 6.01. The summed E-state index contributed by atoms with van der Waals surface area (Å²) < 4.78 is 5.33. The zero-order valence-corrected chi connectivity index (χ0v) is 9.18. The van der Waals surface area contributed by atoms with Gasteiger partial charge in [0.15, 0.2) is 0 Å². The number of rotatable bonds is 6. The van der Waals surface area contributed by atoms with Crippen molar-refractivity contribution in [2.75, 3.05) is 13.7 Å². The topological polar surface area (TPSA) is 21.3 Å². The number of terminal acetylenes is 1. The maximum Gasteiger partial charge on any atom is 0.0637 e. The molecule has 0 aliphatic carbocycles. The van der Waals surface area contributed by atoms with Gasteiger partial charge in [-0.25, -0.2) is 0 Å². The fourth-order valence-corrected chi connectivity index (χ4v) is 1.28. The molecule has 0 rings (SSSR count). The van der Waals surface area contributed by atoms with Crippen LogP contribution < -0.4 is 5.32 Å².